The molecule has 38 heavy (non-hydrogen) atoms. The third kappa shape index (κ3) is 7.24. The van der Waals surface area contributed by atoms with Crippen molar-refractivity contribution in [3.8, 4) is 0 Å². The van der Waals surface area contributed by atoms with E-state index in [0.29, 0.717) is 40.1 Å². The maximum atomic E-state index is 13.3. The zero-order chi connectivity index (χ0) is 27.1. The van der Waals surface area contributed by atoms with Crippen LogP contribution in [0.3, 0.4) is 0 Å². The topological polar surface area (TPSA) is 88.1 Å². The number of halogens is 1. The normalized spacial score (nSPS) is 16.4. The van der Waals surface area contributed by atoms with Crippen molar-refractivity contribution in [1.82, 2.24) is 4.90 Å². The van der Waals surface area contributed by atoms with Crippen LogP contribution in [0, 0.1) is 6.92 Å². The number of rotatable bonds is 8. The third-order valence-corrected chi connectivity index (χ3v) is 7.30. The molecule has 1 aliphatic rings. The molecule has 0 aromatic heterocycles. The largest absolute Gasteiger partial charge is 0.462 e. The molecule has 1 heterocycles. The van der Waals surface area contributed by atoms with Gasteiger partial charge in [0.05, 0.1) is 17.9 Å². The lowest BCUT2D eigenvalue weighted by Gasteiger charge is -2.32. The summed E-state index contributed by atoms with van der Waals surface area (Å²) < 4.78 is 5.04. The first-order valence-corrected chi connectivity index (χ1v) is 13.5. The van der Waals surface area contributed by atoms with Crippen LogP contribution < -0.4 is 5.32 Å². The molecule has 1 unspecified atom stereocenters. The van der Waals surface area contributed by atoms with Crippen molar-refractivity contribution < 1.29 is 19.1 Å². The first-order valence-electron chi connectivity index (χ1n) is 12.3. The number of carbonyl (C=O) groups excluding carboxylic acids is 3. The molecular weight excluding hydrogens is 522 g/mol. The molecule has 1 fully saturated rings. The van der Waals surface area contributed by atoms with Crippen molar-refractivity contribution >= 4 is 57.7 Å². The van der Waals surface area contributed by atoms with Gasteiger partial charge in [-0.25, -0.2) is 9.79 Å². The van der Waals surface area contributed by atoms with Gasteiger partial charge >= 0.3 is 5.97 Å². The quantitative estimate of drug-likeness (QED) is 0.347. The van der Waals surface area contributed by atoms with Gasteiger partial charge < -0.3 is 10.1 Å². The van der Waals surface area contributed by atoms with Crippen LogP contribution in [-0.2, 0) is 20.7 Å². The number of esters is 1. The number of hydrogen-bond donors (Lipinski definition) is 1. The lowest BCUT2D eigenvalue weighted by atomic mass is 10.1. The SMILES string of the molecule is CCOC(=O)c1ccc(N=C2SC(C(=O)Nc3cccc(C)c3)CC(=O)N2CCc2ccc(Cl)cc2)cc1. The lowest BCUT2D eigenvalue weighted by Crippen LogP contribution is -2.46. The highest BCUT2D eigenvalue weighted by Gasteiger charge is 2.35. The zero-order valence-electron chi connectivity index (χ0n) is 21.1. The van der Waals surface area contributed by atoms with Crippen molar-refractivity contribution in [3.63, 3.8) is 0 Å². The number of nitrogens with one attached hydrogen (secondary N) is 1. The Morgan fingerprint density at radius 3 is 2.53 bits per heavy atom. The van der Waals surface area contributed by atoms with Gasteiger partial charge in [-0.1, -0.05) is 47.6 Å². The Bertz CT molecular complexity index is 1340. The monoisotopic (exact) mass is 549 g/mol. The maximum Gasteiger partial charge on any atom is 0.338 e. The summed E-state index contributed by atoms with van der Waals surface area (Å²) in [5.41, 5.74) is 3.71. The molecule has 1 atom stereocenters. The van der Waals surface area contributed by atoms with Crippen LogP contribution in [0.2, 0.25) is 5.02 Å². The number of carbonyl (C=O) groups is 3. The number of nitrogens with zero attached hydrogens (tertiary/aromatic N) is 2. The number of benzene rings is 3. The zero-order valence-corrected chi connectivity index (χ0v) is 22.7. The number of aliphatic imine (C=N–C) groups is 1. The summed E-state index contributed by atoms with van der Waals surface area (Å²) in [4.78, 5) is 44.7. The van der Waals surface area contributed by atoms with Gasteiger partial charge in [-0.05, 0) is 79.9 Å². The molecule has 0 saturated carbocycles. The van der Waals surface area contributed by atoms with Crippen LogP contribution in [0.1, 0.15) is 34.8 Å². The van der Waals surface area contributed by atoms with Crippen LogP contribution in [0.5, 0.6) is 0 Å². The number of aryl methyl sites for hydroxylation is 1. The number of thioether (sulfide) groups is 1. The van der Waals surface area contributed by atoms with Gasteiger partial charge in [0.1, 0.15) is 5.25 Å². The Labute approximate surface area is 231 Å². The van der Waals surface area contributed by atoms with Gasteiger partial charge in [-0.3, -0.25) is 14.5 Å². The highest BCUT2D eigenvalue weighted by Crippen LogP contribution is 2.30. The maximum absolute atomic E-state index is 13.3. The van der Waals surface area contributed by atoms with Crippen molar-refractivity contribution in [2.24, 2.45) is 4.99 Å². The van der Waals surface area contributed by atoms with Crippen molar-refractivity contribution in [1.29, 1.82) is 0 Å². The molecule has 1 N–H and O–H groups in total. The number of amides is 2. The predicted octanol–water partition coefficient (Wildman–Crippen LogP) is 6.03. The summed E-state index contributed by atoms with van der Waals surface area (Å²) in [6.45, 7) is 4.39. The average Bonchev–Trinajstić information content (AvgIpc) is 2.89. The lowest BCUT2D eigenvalue weighted by molar-refractivity contribution is -0.129. The molecule has 0 aliphatic carbocycles. The second-order valence-corrected chi connectivity index (χ2v) is 10.4. The summed E-state index contributed by atoms with van der Waals surface area (Å²) in [7, 11) is 0. The molecule has 9 heteroatoms. The summed E-state index contributed by atoms with van der Waals surface area (Å²) in [6.07, 6.45) is 0.661. The van der Waals surface area contributed by atoms with E-state index in [1.165, 1.54) is 11.8 Å². The second kappa shape index (κ2) is 12.8. The summed E-state index contributed by atoms with van der Waals surface area (Å²) in [5, 5.41) is 3.37. The van der Waals surface area contributed by atoms with Crippen LogP contribution in [-0.4, -0.2) is 46.3 Å². The number of amidine groups is 1. The van der Waals surface area contributed by atoms with Crippen LogP contribution >= 0.6 is 23.4 Å². The van der Waals surface area contributed by atoms with Crippen molar-refractivity contribution in [2.45, 2.75) is 31.9 Å². The van der Waals surface area contributed by atoms with Gasteiger partial charge in [0, 0.05) is 23.7 Å². The Hall–Kier alpha value is -3.62. The molecule has 3 aromatic rings. The van der Waals surface area contributed by atoms with E-state index in [0.717, 1.165) is 11.1 Å². The van der Waals surface area contributed by atoms with Gasteiger partial charge in [0.15, 0.2) is 5.17 Å². The average molecular weight is 550 g/mol. The highest BCUT2D eigenvalue weighted by molar-refractivity contribution is 8.15. The molecule has 0 bridgehead atoms. The molecule has 3 aromatic carbocycles. The van der Waals surface area contributed by atoms with E-state index in [2.05, 4.69) is 5.32 Å². The minimum Gasteiger partial charge on any atom is -0.462 e. The van der Waals surface area contributed by atoms with Gasteiger partial charge in [0.25, 0.3) is 0 Å². The fourth-order valence-electron chi connectivity index (χ4n) is 3.90. The molecule has 0 radical (unpaired) electrons. The standard InChI is InChI=1S/C29H28ClN3O4S/c1-3-37-28(36)21-9-13-23(14-10-21)32-29-33(16-15-20-7-11-22(30)12-8-20)26(34)18-25(38-29)27(35)31-24-6-4-5-19(2)17-24/h4-14,17,25H,3,15-16,18H2,1-2H3,(H,31,35). The van der Waals surface area contributed by atoms with Crippen LogP contribution in [0.4, 0.5) is 11.4 Å². The Kier molecular flexibility index (Phi) is 9.20. The van der Waals surface area contributed by atoms with E-state index in [4.69, 9.17) is 21.3 Å². The molecule has 4 rings (SSSR count). The van der Waals surface area contributed by atoms with E-state index in [-0.39, 0.29) is 24.8 Å². The number of ether oxygens (including phenoxy) is 1. The van der Waals surface area contributed by atoms with Gasteiger partial charge in [-0.15, -0.1) is 0 Å². The first kappa shape index (κ1) is 27.4. The fraction of sp³-hybridized carbons (Fsp3) is 0.241. The summed E-state index contributed by atoms with van der Waals surface area (Å²) in [6, 6.07) is 21.6. The molecule has 1 aliphatic heterocycles. The molecule has 0 spiro atoms. The fourth-order valence-corrected chi connectivity index (χ4v) is 5.15. The third-order valence-electron chi connectivity index (χ3n) is 5.86. The smallest absolute Gasteiger partial charge is 0.338 e. The molecule has 2 amide bonds. The summed E-state index contributed by atoms with van der Waals surface area (Å²) >= 11 is 7.26. The Morgan fingerprint density at radius 2 is 1.84 bits per heavy atom. The highest BCUT2D eigenvalue weighted by atomic mass is 35.5. The Balaban J connectivity index is 1.56. The molecule has 7 nitrogen and oxygen atoms in total. The molecular formula is C29H28ClN3O4S. The number of hydrogen-bond acceptors (Lipinski definition) is 6. The Morgan fingerprint density at radius 1 is 1.11 bits per heavy atom. The second-order valence-electron chi connectivity index (χ2n) is 8.75. The first-order chi connectivity index (χ1) is 18.3. The van der Waals surface area contributed by atoms with Crippen LogP contribution in [0.25, 0.3) is 0 Å². The predicted molar refractivity (Wildman–Crippen MR) is 152 cm³/mol. The van der Waals surface area contributed by atoms with E-state index in [1.54, 1.807) is 36.1 Å². The van der Waals surface area contributed by atoms with E-state index >= 15 is 0 Å². The minimum absolute atomic E-state index is 0.0593. The molecule has 1 saturated heterocycles. The van der Waals surface area contributed by atoms with Gasteiger partial charge in [-0.2, -0.15) is 0 Å². The van der Waals surface area contributed by atoms with Crippen molar-refractivity contribution in [2.75, 3.05) is 18.5 Å². The van der Waals surface area contributed by atoms with Gasteiger partial charge in [0.2, 0.25) is 11.8 Å². The minimum atomic E-state index is -0.632. The van der Waals surface area contributed by atoms with Crippen molar-refractivity contribution in [3.05, 3.63) is 94.5 Å². The summed E-state index contributed by atoms with van der Waals surface area (Å²) in [5.74, 6) is -0.841. The van der Waals surface area contributed by atoms with Crippen LogP contribution in [0.15, 0.2) is 77.8 Å². The number of anilines is 1. The van der Waals surface area contributed by atoms with E-state index < -0.39 is 11.2 Å². The molecule has 196 valence electrons. The van der Waals surface area contributed by atoms with E-state index in [9.17, 15) is 14.4 Å². The van der Waals surface area contributed by atoms with E-state index in [1.807, 2.05) is 55.5 Å².